The molecule has 7 nitrogen and oxygen atoms in total. The molecule has 1 N–H and O–H groups in total. The summed E-state index contributed by atoms with van der Waals surface area (Å²) >= 11 is 0. The second-order valence-corrected chi connectivity index (χ2v) is 8.32. The van der Waals surface area contributed by atoms with Gasteiger partial charge in [-0.25, -0.2) is 8.42 Å². The van der Waals surface area contributed by atoms with Gasteiger partial charge in [0, 0.05) is 39.1 Å². The number of carbonyl (C=O) groups excluding carboxylic acids is 1. The van der Waals surface area contributed by atoms with Gasteiger partial charge in [-0.15, -0.1) is 0 Å². The summed E-state index contributed by atoms with van der Waals surface area (Å²) in [4.78, 5) is 17.5. The number of aromatic nitrogens is 1. The van der Waals surface area contributed by atoms with Gasteiger partial charge in [0.2, 0.25) is 15.9 Å². The van der Waals surface area contributed by atoms with Crippen LogP contribution in [0, 0.1) is 0 Å². The Hall–Kier alpha value is -2.29. The zero-order chi connectivity index (χ0) is 18.7. The van der Waals surface area contributed by atoms with Crippen molar-refractivity contribution in [1.29, 1.82) is 0 Å². The van der Waals surface area contributed by atoms with Gasteiger partial charge in [0.1, 0.15) is 6.61 Å². The lowest BCUT2D eigenvalue weighted by Gasteiger charge is -2.29. The lowest BCUT2D eigenvalue weighted by Crippen LogP contribution is -2.37. The lowest BCUT2D eigenvalue weighted by atomic mass is 10.00. The van der Waals surface area contributed by atoms with Crippen molar-refractivity contribution >= 4 is 15.9 Å². The molecule has 1 amide bonds. The fourth-order valence-electron chi connectivity index (χ4n) is 3.02. The molecule has 0 unspecified atom stereocenters. The number of hydrogen-bond donors (Lipinski definition) is 1. The van der Waals surface area contributed by atoms with Gasteiger partial charge in [-0.3, -0.25) is 9.78 Å². The molecule has 26 heavy (non-hydrogen) atoms. The molecule has 1 aliphatic rings. The van der Waals surface area contributed by atoms with Crippen LogP contribution < -0.4 is 0 Å². The summed E-state index contributed by atoms with van der Waals surface area (Å²) in [6.07, 6.45) is 3.92. The number of benzene rings is 1. The van der Waals surface area contributed by atoms with E-state index in [4.69, 9.17) is 5.11 Å². The van der Waals surface area contributed by atoms with E-state index in [9.17, 15) is 13.2 Å². The van der Waals surface area contributed by atoms with E-state index in [-0.39, 0.29) is 17.3 Å². The number of carbonyl (C=O) groups is 1. The minimum atomic E-state index is -3.66. The Morgan fingerprint density at radius 1 is 1.31 bits per heavy atom. The van der Waals surface area contributed by atoms with Crippen LogP contribution in [0.1, 0.15) is 16.7 Å². The number of hydrogen-bond acceptors (Lipinski definition) is 5. The van der Waals surface area contributed by atoms with E-state index in [1.54, 1.807) is 36.7 Å². The van der Waals surface area contributed by atoms with Crippen molar-refractivity contribution < 1.29 is 18.3 Å². The number of aliphatic hydroxyl groups excluding tert-OH is 1. The van der Waals surface area contributed by atoms with Gasteiger partial charge in [-0.05, 0) is 41.3 Å². The largest absolute Gasteiger partial charge is 0.387 e. The van der Waals surface area contributed by atoms with Crippen LogP contribution in [0.25, 0.3) is 0 Å². The van der Waals surface area contributed by atoms with E-state index in [1.165, 1.54) is 16.3 Å². The fourth-order valence-corrected chi connectivity index (χ4v) is 4.23. The Morgan fingerprint density at radius 2 is 2.12 bits per heavy atom. The Labute approximate surface area is 152 Å². The molecule has 0 aliphatic carbocycles. The molecule has 3 rings (SSSR count). The lowest BCUT2D eigenvalue weighted by molar-refractivity contribution is -0.135. The molecule has 2 aromatic rings. The highest BCUT2D eigenvalue weighted by Crippen LogP contribution is 2.24. The van der Waals surface area contributed by atoms with Crippen molar-refractivity contribution in [2.45, 2.75) is 24.4 Å². The van der Waals surface area contributed by atoms with Crippen molar-refractivity contribution in [1.82, 2.24) is 14.2 Å². The first-order chi connectivity index (χ1) is 12.4. The van der Waals surface area contributed by atoms with Crippen molar-refractivity contribution in [2.75, 3.05) is 20.2 Å². The van der Waals surface area contributed by atoms with Gasteiger partial charge < -0.3 is 10.0 Å². The average Bonchev–Trinajstić information content (AvgIpc) is 2.67. The quantitative estimate of drug-likeness (QED) is 0.834. The van der Waals surface area contributed by atoms with Crippen LogP contribution in [0.15, 0.2) is 47.6 Å². The normalized spacial score (nSPS) is 14.3. The molecule has 0 fully saturated rings. The topological polar surface area (TPSA) is 90.8 Å². The molecule has 138 valence electrons. The van der Waals surface area contributed by atoms with Gasteiger partial charge in [-0.1, -0.05) is 12.1 Å². The number of sulfonamides is 1. The minimum Gasteiger partial charge on any atom is -0.387 e. The molecule has 1 aromatic carbocycles. The molecule has 2 heterocycles. The van der Waals surface area contributed by atoms with Crippen LogP contribution in [0.4, 0.5) is 0 Å². The van der Waals surface area contributed by atoms with Gasteiger partial charge in [0.05, 0.1) is 4.90 Å². The van der Waals surface area contributed by atoms with Gasteiger partial charge in [0.25, 0.3) is 0 Å². The minimum absolute atomic E-state index is 0.195. The number of pyridine rings is 1. The number of fused-ring (bicyclic) bond motifs is 1. The van der Waals surface area contributed by atoms with E-state index in [1.807, 2.05) is 6.07 Å². The van der Waals surface area contributed by atoms with Crippen LogP contribution in [-0.2, 0) is 34.3 Å². The Bertz CT molecular complexity index is 900. The fraction of sp³-hybridized carbons (Fsp3) is 0.333. The predicted octanol–water partition coefficient (Wildman–Crippen LogP) is 0.779. The first-order valence-corrected chi connectivity index (χ1v) is 9.71. The molecule has 0 saturated carbocycles. The zero-order valence-electron chi connectivity index (χ0n) is 14.5. The molecule has 0 spiro atoms. The van der Waals surface area contributed by atoms with Crippen LogP contribution in [-0.4, -0.2) is 53.8 Å². The Morgan fingerprint density at radius 3 is 2.81 bits per heavy atom. The number of aliphatic hydroxyl groups is 1. The second kappa shape index (κ2) is 7.53. The third-order valence-electron chi connectivity index (χ3n) is 4.51. The molecule has 1 aliphatic heterocycles. The van der Waals surface area contributed by atoms with Gasteiger partial charge in [0.15, 0.2) is 0 Å². The van der Waals surface area contributed by atoms with E-state index >= 15 is 0 Å². The monoisotopic (exact) mass is 375 g/mol. The average molecular weight is 375 g/mol. The van der Waals surface area contributed by atoms with Gasteiger partial charge >= 0.3 is 0 Å². The molecule has 8 heteroatoms. The summed E-state index contributed by atoms with van der Waals surface area (Å²) in [5.41, 5.74) is 2.63. The first kappa shape index (κ1) is 18.5. The maximum Gasteiger partial charge on any atom is 0.248 e. The molecule has 0 saturated heterocycles. The maximum absolute atomic E-state index is 12.9. The third kappa shape index (κ3) is 3.77. The van der Waals surface area contributed by atoms with E-state index in [0.29, 0.717) is 19.5 Å². The first-order valence-electron chi connectivity index (χ1n) is 8.27. The summed E-state index contributed by atoms with van der Waals surface area (Å²) in [6, 6.07) is 8.63. The van der Waals surface area contributed by atoms with Crippen LogP contribution >= 0.6 is 0 Å². The maximum atomic E-state index is 12.9. The molecular weight excluding hydrogens is 354 g/mol. The molecule has 0 bridgehead atoms. The van der Waals surface area contributed by atoms with E-state index in [2.05, 4.69) is 4.98 Å². The smallest absolute Gasteiger partial charge is 0.248 e. The molecule has 0 atom stereocenters. The highest BCUT2D eigenvalue weighted by Gasteiger charge is 2.25. The number of nitrogens with zero attached hydrogens (tertiary/aromatic N) is 3. The van der Waals surface area contributed by atoms with Crippen LogP contribution in [0.2, 0.25) is 0 Å². The van der Waals surface area contributed by atoms with Crippen LogP contribution in [0.5, 0.6) is 0 Å². The summed E-state index contributed by atoms with van der Waals surface area (Å²) in [7, 11) is -2.13. The zero-order valence-corrected chi connectivity index (χ0v) is 15.3. The van der Waals surface area contributed by atoms with Crippen molar-refractivity contribution in [3.63, 3.8) is 0 Å². The molecule has 0 radical (unpaired) electrons. The third-order valence-corrected chi connectivity index (χ3v) is 6.31. The van der Waals surface area contributed by atoms with Crippen molar-refractivity contribution in [3.05, 3.63) is 59.4 Å². The molecular formula is C18H21N3O4S. The highest BCUT2D eigenvalue weighted by atomic mass is 32.2. The number of amides is 1. The van der Waals surface area contributed by atoms with E-state index in [0.717, 1.165) is 16.7 Å². The van der Waals surface area contributed by atoms with Crippen molar-refractivity contribution in [2.24, 2.45) is 0 Å². The summed E-state index contributed by atoms with van der Waals surface area (Å²) in [5.74, 6) is -0.349. The summed E-state index contributed by atoms with van der Waals surface area (Å²) in [5, 5.41) is 9.03. The summed E-state index contributed by atoms with van der Waals surface area (Å²) in [6.45, 7) is 0.521. The van der Waals surface area contributed by atoms with Crippen LogP contribution in [0.3, 0.4) is 0 Å². The van der Waals surface area contributed by atoms with E-state index < -0.39 is 16.6 Å². The van der Waals surface area contributed by atoms with Crippen molar-refractivity contribution in [3.8, 4) is 0 Å². The number of rotatable bonds is 5. The molecule has 1 aromatic heterocycles. The SMILES string of the molecule is CN(Cc1cccnc1)S(=O)(=O)c1ccc2c(c1)CN(C(=O)CO)CC2. The highest BCUT2D eigenvalue weighted by molar-refractivity contribution is 7.89. The second-order valence-electron chi connectivity index (χ2n) is 6.28. The standard InChI is InChI=1S/C18H21N3O4S/c1-20(11-14-3-2-7-19-10-14)26(24,25)17-5-4-15-6-8-21(18(23)13-22)12-16(15)9-17/h2-5,7,9-10,22H,6,8,11-13H2,1H3. The Balaban J connectivity index is 1.84. The van der Waals surface area contributed by atoms with Gasteiger partial charge in [-0.2, -0.15) is 4.31 Å². The Kier molecular flexibility index (Phi) is 5.36. The summed E-state index contributed by atoms with van der Waals surface area (Å²) < 4.78 is 27.0. The predicted molar refractivity (Wildman–Crippen MR) is 95.5 cm³/mol.